The zero-order valence-corrected chi connectivity index (χ0v) is 7.99. The molecule has 0 aromatic carbocycles. The average Bonchev–Trinajstić information content (AvgIpc) is 1.41. The van der Waals surface area contributed by atoms with Crippen molar-refractivity contribution in [2.24, 2.45) is 0 Å². The second-order valence-electron chi connectivity index (χ2n) is 0.957. The smallest absolute Gasteiger partial charge is 0.677 e. The summed E-state index contributed by atoms with van der Waals surface area (Å²) in [5.41, 5.74) is 6.56. The third-order valence-corrected chi connectivity index (χ3v) is 0.427. The van der Waals surface area contributed by atoms with E-state index in [4.69, 9.17) is 5.73 Å². The fourth-order valence-electron chi connectivity index (χ4n) is 0.125. The molecular formula is C4H9NU. The molecule has 0 amide bonds. The van der Waals surface area contributed by atoms with Crippen LogP contribution in [0.1, 0.15) is 12.8 Å². The molecule has 0 rings (SSSR count). The van der Waals surface area contributed by atoms with Gasteiger partial charge in [-0.15, -0.1) is 0 Å². The molecule has 0 atom stereocenters. The van der Waals surface area contributed by atoms with Crippen molar-refractivity contribution < 1.29 is 31.1 Å². The largest absolute Gasteiger partial charge is 2.00 e. The Morgan fingerprint density at radius 1 is 1.50 bits per heavy atom. The van der Waals surface area contributed by atoms with Crippen LogP contribution < -0.4 is 0 Å². The molecule has 0 saturated carbocycles. The second-order valence-corrected chi connectivity index (χ2v) is 0.957. The van der Waals surface area contributed by atoms with E-state index in [1.165, 1.54) is 0 Å². The Morgan fingerprint density at radius 3 is 2.00 bits per heavy atom. The Morgan fingerprint density at radius 2 is 2.00 bits per heavy atom. The molecule has 0 aromatic heterocycles. The summed E-state index contributed by atoms with van der Waals surface area (Å²) in [6, 6.07) is 0. The van der Waals surface area contributed by atoms with Crippen molar-refractivity contribution >= 4 is 0 Å². The van der Waals surface area contributed by atoms with Gasteiger partial charge in [0.25, 0.3) is 0 Å². The summed E-state index contributed by atoms with van der Waals surface area (Å²) in [6.45, 7) is 4.09. The van der Waals surface area contributed by atoms with Crippen LogP contribution in [0.3, 0.4) is 0 Å². The Kier molecular flexibility index (Phi) is 15.8. The molecule has 2 heteroatoms. The van der Waals surface area contributed by atoms with Crippen LogP contribution in [-0.2, 0) is 0 Å². The first-order valence-corrected chi connectivity index (χ1v) is 1.85. The van der Waals surface area contributed by atoms with E-state index in [1.807, 2.05) is 0 Å². The van der Waals surface area contributed by atoms with E-state index in [9.17, 15) is 0 Å². The molecule has 0 aliphatic heterocycles. The van der Waals surface area contributed by atoms with Gasteiger partial charge in [0.2, 0.25) is 0 Å². The minimum atomic E-state index is 0. The van der Waals surface area contributed by atoms with Crippen molar-refractivity contribution in [3.8, 4) is 0 Å². The fraction of sp³-hybridized carbons (Fsp3) is 0.750. The normalized spacial score (nSPS) is 7.00. The first kappa shape index (κ1) is 10.1. The second kappa shape index (κ2) is 9.38. The molecule has 0 saturated heterocycles. The van der Waals surface area contributed by atoms with E-state index < -0.39 is 0 Å². The minimum Gasteiger partial charge on any atom is -0.677 e. The average molecular weight is 309 g/mol. The van der Waals surface area contributed by atoms with Gasteiger partial charge in [0.05, 0.1) is 0 Å². The summed E-state index contributed by atoms with van der Waals surface area (Å²) < 4.78 is 0. The summed E-state index contributed by atoms with van der Waals surface area (Å²) in [7, 11) is 0. The van der Waals surface area contributed by atoms with Crippen LogP contribution in [-0.4, -0.2) is 6.54 Å². The zero-order chi connectivity index (χ0) is 4.12. The number of hydrogen-bond donors (Lipinski definition) is 0. The van der Waals surface area contributed by atoms with Gasteiger partial charge in [0, 0.05) is 0 Å². The Labute approximate surface area is 63.1 Å². The predicted octanol–water partition coefficient (Wildman–Crippen LogP) is 1.65. The molecule has 0 aromatic rings. The standard InChI is InChI=1S/C4H9N.U/c1-2-3-4-5;/h5H,1-4H2;/q-2;+2. The molecule has 0 radical (unpaired) electrons. The third-order valence-electron chi connectivity index (χ3n) is 0.427. The number of hydrogen-bond acceptors (Lipinski definition) is 0. The van der Waals surface area contributed by atoms with E-state index in [0.29, 0.717) is 6.54 Å². The molecular weight excluding hydrogens is 300 g/mol. The molecule has 34 valence electrons. The van der Waals surface area contributed by atoms with Gasteiger partial charge in [-0.2, -0.15) is 13.0 Å². The molecule has 0 unspecified atom stereocenters. The summed E-state index contributed by atoms with van der Waals surface area (Å²) in [6.07, 6.45) is 1.85. The molecule has 0 spiro atoms. The van der Waals surface area contributed by atoms with Crippen LogP contribution in [0.15, 0.2) is 0 Å². The van der Waals surface area contributed by atoms with Crippen molar-refractivity contribution in [2.75, 3.05) is 6.54 Å². The first-order chi connectivity index (χ1) is 2.41. The van der Waals surface area contributed by atoms with E-state index in [0.717, 1.165) is 12.8 Å². The van der Waals surface area contributed by atoms with Crippen LogP contribution >= 0.6 is 0 Å². The van der Waals surface area contributed by atoms with E-state index in [1.54, 1.807) is 0 Å². The maximum atomic E-state index is 6.56. The quantitative estimate of drug-likeness (QED) is 0.693. The van der Waals surface area contributed by atoms with Gasteiger partial charge in [0.15, 0.2) is 0 Å². The molecule has 0 fully saturated rings. The van der Waals surface area contributed by atoms with Gasteiger partial charge in [-0.1, -0.05) is 6.42 Å². The van der Waals surface area contributed by atoms with Crippen molar-refractivity contribution in [3.05, 3.63) is 12.7 Å². The Hall–Kier alpha value is 1.01. The van der Waals surface area contributed by atoms with E-state index in [-0.39, 0.29) is 31.1 Å². The van der Waals surface area contributed by atoms with Crippen LogP contribution in [0, 0.1) is 38.0 Å². The number of rotatable bonds is 2. The molecule has 0 heterocycles. The monoisotopic (exact) mass is 309 g/mol. The summed E-state index contributed by atoms with van der Waals surface area (Å²) >= 11 is 0. The van der Waals surface area contributed by atoms with Gasteiger partial charge in [-0.05, 0) is 0 Å². The van der Waals surface area contributed by atoms with Crippen molar-refractivity contribution in [3.63, 3.8) is 0 Å². The molecule has 0 aliphatic carbocycles. The summed E-state index contributed by atoms with van der Waals surface area (Å²) in [4.78, 5) is 0. The van der Waals surface area contributed by atoms with Gasteiger partial charge in [0.1, 0.15) is 0 Å². The van der Waals surface area contributed by atoms with Crippen LogP contribution in [0.2, 0.25) is 0 Å². The molecule has 1 N–H and O–H groups in total. The van der Waals surface area contributed by atoms with Crippen LogP contribution in [0.25, 0.3) is 5.73 Å². The minimum absolute atomic E-state index is 0. The SMILES string of the molecule is [CH2-]CCC[NH-].[U+2]. The fourth-order valence-corrected chi connectivity index (χ4v) is 0.125. The van der Waals surface area contributed by atoms with Gasteiger partial charge < -0.3 is 12.7 Å². The number of nitrogens with one attached hydrogen (secondary N) is 1. The molecule has 0 bridgehead atoms. The topological polar surface area (TPSA) is 23.8 Å². The summed E-state index contributed by atoms with van der Waals surface area (Å²) in [5, 5.41) is 0. The van der Waals surface area contributed by atoms with Crippen molar-refractivity contribution in [2.45, 2.75) is 12.8 Å². The third kappa shape index (κ3) is 8.89. The maximum Gasteiger partial charge on any atom is 2.00 e. The molecule has 1 nitrogen and oxygen atoms in total. The zero-order valence-electron chi connectivity index (χ0n) is 3.83. The maximum absolute atomic E-state index is 6.56. The summed E-state index contributed by atoms with van der Waals surface area (Å²) in [5.74, 6) is 0. The molecule has 6 heavy (non-hydrogen) atoms. The van der Waals surface area contributed by atoms with Crippen molar-refractivity contribution in [1.29, 1.82) is 0 Å². The van der Waals surface area contributed by atoms with Gasteiger partial charge in [-0.25, -0.2) is 0 Å². The van der Waals surface area contributed by atoms with Crippen LogP contribution in [0.4, 0.5) is 0 Å². The van der Waals surface area contributed by atoms with Gasteiger partial charge >= 0.3 is 31.1 Å². The number of unbranched alkanes of at least 4 members (excludes halogenated alkanes) is 1. The predicted molar refractivity (Wildman–Crippen MR) is 23.8 cm³/mol. The van der Waals surface area contributed by atoms with Crippen LogP contribution in [0.5, 0.6) is 0 Å². The van der Waals surface area contributed by atoms with Crippen molar-refractivity contribution in [1.82, 2.24) is 0 Å². The Bertz CT molecular complexity index is 15.0. The first-order valence-electron chi connectivity index (χ1n) is 1.85. The van der Waals surface area contributed by atoms with E-state index in [2.05, 4.69) is 6.92 Å². The van der Waals surface area contributed by atoms with Gasteiger partial charge in [-0.3, -0.25) is 0 Å². The molecule has 0 aliphatic rings. The van der Waals surface area contributed by atoms with E-state index >= 15 is 0 Å². The Balaban J connectivity index is 0.